The summed E-state index contributed by atoms with van der Waals surface area (Å²) in [5.74, 6) is 0. The molecule has 0 saturated heterocycles. The molecule has 0 aromatic heterocycles. The molecule has 0 heterocycles. The molecule has 0 aliphatic carbocycles. The quantitative estimate of drug-likeness (QED) is 0.386. The van der Waals surface area contributed by atoms with Gasteiger partial charge in [0, 0.05) is 0 Å². The van der Waals surface area contributed by atoms with Crippen molar-refractivity contribution in [3.63, 3.8) is 0 Å². The van der Waals surface area contributed by atoms with Crippen molar-refractivity contribution in [1.29, 1.82) is 0 Å². The molecular weight excluding hydrogens is 206 g/mol. The molecule has 6 heavy (non-hydrogen) atoms. The molecule has 0 rings (SSSR count). The van der Waals surface area contributed by atoms with Gasteiger partial charge in [0.2, 0.25) is 0 Å². The van der Waals surface area contributed by atoms with Crippen LogP contribution in [0.2, 0.25) is 0 Å². The van der Waals surface area contributed by atoms with Crippen molar-refractivity contribution < 1.29 is 0 Å². The highest BCUT2D eigenvalue weighted by Gasteiger charge is 1.76. The van der Waals surface area contributed by atoms with E-state index in [4.69, 9.17) is 0 Å². The highest BCUT2D eigenvalue weighted by atomic mass is 127. The average Bonchev–Trinajstić information content (AvgIpc) is 1.61. The van der Waals surface area contributed by atoms with Crippen LogP contribution in [-0.2, 0) is 0 Å². The SMILES string of the molecule is CCCCPI. The Kier molecular flexibility index (Phi) is 7.35. The predicted molar refractivity (Wildman–Crippen MR) is 42.1 cm³/mol. The van der Waals surface area contributed by atoms with E-state index in [9.17, 15) is 0 Å². The first-order valence-electron chi connectivity index (χ1n) is 2.25. The highest BCUT2D eigenvalue weighted by molar-refractivity contribution is 14.2. The summed E-state index contributed by atoms with van der Waals surface area (Å²) in [5.41, 5.74) is 0. The van der Waals surface area contributed by atoms with Crippen molar-refractivity contribution >= 4 is 28.3 Å². The van der Waals surface area contributed by atoms with E-state index in [1.165, 1.54) is 19.0 Å². The molecule has 0 saturated carbocycles. The van der Waals surface area contributed by atoms with E-state index in [0.717, 1.165) is 6.22 Å². The van der Waals surface area contributed by atoms with E-state index in [1.807, 2.05) is 0 Å². The zero-order chi connectivity index (χ0) is 4.83. The van der Waals surface area contributed by atoms with Gasteiger partial charge in [0.1, 0.15) is 0 Å². The van der Waals surface area contributed by atoms with Crippen LogP contribution in [0, 0.1) is 0 Å². The fourth-order valence-electron chi connectivity index (χ4n) is 0.244. The Hall–Kier alpha value is 1.16. The second-order valence-electron chi connectivity index (χ2n) is 1.24. The van der Waals surface area contributed by atoms with Gasteiger partial charge in [-0.25, -0.2) is 0 Å². The molecule has 0 N–H and O–H groups in total. The molecule has 0 nitrogen and oxygen atoms in total. The summed E-state index contributed by atoms with van der Waals surface area (Å²) in [4.78, 5) is 0. The van der Waals surface area contributed by atoms with Gasteiger partial charge >= 0.3 is 0 Å². The van der Waals surface area contributed by atoms with Crippen LogP contribution < -0.4 is 0 Å². The van der Waals surface area contributed by atoms with Gasteiger partial charge in [-0.1, -0.05) is 41.6 Å². The Morgan fingerprint density at radius 3 is 2.50 bits per heavy atom. The van der Waals surface area contributed by atoms with Gasteiger partial charge in [-0.05, 0) is 12.6 Å². The molecule has 1 unspecified atom stereocenters. The van der Waals surface area contributed by atoms with Gasteiger partial charge in [0.25, 0.3) is 0 Å². The number of hydrogen-bond donors (Lipinski definition) is 0. The highest BCUT2D eigenvalue weighted by Crippen LogP contribution is 2.21. The van der Waals surface area contributed by atoms with E-state index < -0.39 is 0 Å². The lowest BCUT2D eigenvalue weighted by Gasteiger charge is -1.85. The maximum Gasteiger partial charge on any atom is -0.0263 e. The van der Waals surface area contributed by atoms with Gasteiger partial charge in [-0.3, -0.25) is 0 Å². The minimum Gasteiger partial charge on any atom is -0.0654 e. The third kappa shape index (κ3) is 5.16. The first-order chi connectivity index (χ1) is 2.91. The number of unbranched alkanes of at least 4 members (excludes halogenated alkanes) is 1. The number of hydrogen-bond acceptors (Lipinski definition) is 0. The number of halogens is 1. The van der Waals surface area contributed by atoms with Crippen LogP contribution in [0.15, 0.2) is 0 Å². The fraction of sp³-hybridized carbons (Fsp3) is 1.00. The summed E-state index contributed by atoms with van der Waals surface area (Å²) in [6, 6.07) is 0. The lowest BCUT2D eigenvalue weighted by Crippen LogP contribution is -1.66. The summed E-state index contributed by atoms with van der Waals surface area (Å²) in [6.45, 7) is 2.23. The topological polar surface area (TPSA) is 0 Å². The Balaban J connectivity index is 2.34. The maximum absolute atomic E-state index is 2.44. The summed E-state index contributed by atoms with van der Waals surface area (Å²) < 4.78 is 0. The summed E-state index contributed by atoms with van der Waals surface area (Å²) >= 11 is 2.44. The minimum atomic E-state index is 1.13. The smallest absolute Gasteiger partial charge is 0.0263 e. The lowest BCUT2D eigenvalue weighted by molar-refractivity contribution is 0.896. The van der Waals surface area contributed by atoms with Gasteiger partial charge < -0.3 is 0 Å². The third-order valence-corrected chi connectivity index (χ3v) is 2.79. The van der Waals surface area contributed by atoms with Crippen molar-refractivity contribution in [2.75, 3.05) is 6.16 Å². The largest absolute Gasteiger partial charge is 0.0654 e. The fourth-order valence-corrected chi connectivity index (χ4v) is 1.87. The third-order valence-electron chi connectivity index (χ3n) is 0.625. The van der Waals surface area contributed by atoms with Crippen molar-refractivity contribution in [2.24, 2.45) is 0 Å². The van der Waals surface area contributed by atoms with E-state index >= 15 is 0 Å². The molecule has 0 radical (unpaired) electrons. The maximum atomic E-state index is 2.44. The van der Waals surface area contributed by atoms with Crippen LogP contribution in [0.4, 0.5) is 0 Å². The van der Waals surface area contributed by atoms with E-state index in [1.54, 1.807) is 0 Å². The van der Waals surface area contributed by atoms with Crippen LogP contribution in [0.5, 0.6) is 0 Å². The average molecular weight is 216 g/mol. The van der Waals surface area contributed by atoms with Crippen LogP contribution in [0.3, 0.4) is 0 Å². The molecule has 0 aromatic carbocycles. The second-order valence-corrected chi connectivity index (χ2v) is 4.29. The second kappa shape index (κ2) is 6.16. The normalized spacial score (nSPS) is 11.0. The Morgan fingerprint density at radius 2 is 2.33 bits per heavy atom. The van der Waals surface area contributed by atoms with E-state index in [2.05, 4.69) is 29.0 Å². The minimum absolute atomic E-state index is 1.13. The van der Waals surface area contributed by atoms with E-state index in [-0.39, 0.29) is 0 Å². The zero-order valence-electron chi connectivity index (χ0n) is 4.00. The molecule has 0 aliphatic heterocycles. The zero-order valence-corrected chi connectivity index (χ0v) is 7.16. The first kappa shape index (κ1) is 7.16. The molecule has 0 fully saturated rings. The van der Waals surface area contributed by atoms with Crippen LogP contribution in [0.1, 0.15) is 19.8 Å². The monoisotopic (exact) mass is 216 g/mol. The van der Waals surface area contributed by atoms with Crippen molar-refractivity contribution in [1.82, 2.24) is 0 Å². The van der Waals surface area contributed by atoms with Crippen molar-refractivity contribution in [2.45, 2.75) is 19.8 Å². The van der Waals surface area contributed by atoms with Gasteiger partial charge in [-0.2, -0.15) is 0 Å². The summed E-state index contributed by atoms with van der Waals surface area (Å²) in [6.07, 6.45) is 5.34. The molecule has 0 amide bonds. The Labute approximate surface area is 54.4 Å². The molecule has 0 aromatic rings. The van der Waals surface area contributed by atoms with E-state index in [0.29, 0.717) is 0 Å². The molecule has 0 aliphatic rings. The van der Waals surface area contributed by atoms with Crippen LogP contribution in [0.25, 0.3) is 0 Å². The summed E-state index contributed by atoms with van der Waals surface area (Å²) in [7, 11) is 0. The summed E-state index contributed by atoms with van der Waals surface area (Å²) in [5, 5.41) is 0. The van der Waals surface area contributed by atoms with Gasteiger partial charge in [0.15, 0.2) is 0 Å². The molecule has 0 bridgehead atoms. The van der Waals surface area contributed by atoms with Crippen molar-refractivity contribution in [3.8, 4) is 0 Å². The van der Waals surface area contributed by atoms with Crippen LogP contribution in [-0.4, -0.2) is 6.16 Å². The molecular formula is C4H10IP. The van der Waals surface area contributed by atoms with Crippen LogP contribution >= 0.6 is 28.3 Å². The van der Waals surface area contributed by atoms with Gasteiger partial charge in [-0.15, -0.1) is 0 Å². The lowest BCUT2D eigenvalue weighted by atomic mass is 10.4. The molecule has 1 atom stereocenters. The van der Waals surface area contributed by atoms with Gasteiger partial charge in [0.05, 0.1) is 0 Å². The standard InChI is InChI=1S/C4H10IP/c1-2-3-4-6-5/h6H,2-4H2,1H3. The Bertz CT molecular complexity index is 19.5. The predicted octanol–water partition coefficient (Wildman–Crippen LogP) is 2.82. The van der Waals surface area contributed by atoms with Crippen molar-refractivity contribution in [3.05, 3.63) is 0 Å². The molecule has 38 valence electrons. The Morgan fingerprint density at radius 1 is 1.67 bits per heavy atom. The number of rotatable bonds is 3. The molecule has 0 spiro atoms. The first-order valence-corrected chi connectivity index (χ1v) is 6.57. The molecule has 2 heteroatoms.